The highest BCUT2D eigenvalue weighted by Crippen LogP contribution is 2.35. The Morgan fingerprint density at radius 3 is 1.73 bits per heavy atom. The van der Waals surface area contributed by atoms with Crippen molar-refractivity contribution in [3.8, 4) is 51.3 Å². The summed E-state index contributed by atoms with van der Waals surface area (Å²) in [7, 11) is 0. The minimum absolute atomic E-state index is 0.200. The smallest absolute Gasteiger partial charge is 0.326 e. The molecule has 208 valence electrons. The number of para-hydroxylation sites is 1. The van der Waals surface area contributed by atoms with E-state index in [4.69, 9.17) is 9.72 Å². The molecule has 0 saturated heterocycles. The second-order valence-corrected chi connectivity index (χ2v) is 10.4. The zero-order valence-electron chi connectivity index (χ0n) is 23.6. The molecule has 6 nitrogen and oxygen atoms in total. The summed E-state index contributed by atoms with van der Waals surface area (Å²) in [5, 5.41) is 2.34. The maximum Gasteiger partial charge on any atom is 0.326 e. The van der Waals surface area contributed by atoms with Crippen molar-refractivity contribution in [2.75, 3.05) is 0 Å². The van der Waals surface area contributed by atoms with Crippen LogP contribution in [0.1, 0.15) is 0 Å². The number of pyridine rings is 1. The largest absolute Gasteiger partial charge is 0.422 e. The summed E-state index contributed by atoms with van der Waals surface area (Å²) in [5.74, 6) is 1.60. The number of fused-ring (bicyclic) bond motifs is 3. The number of benzene rings is 5. The highest BCUT2D eigenvalue weighted by Gasteiger charge is 2.16. The quantitative estimate of drug-likeness (QED) is 0.200. The Bertz CT molecular complexity index is 2190. The first-order valence-electron chi connectivity index (χ1n) is 14.4. The fraction of sp³-hybridized carbons (Fsp3) is 0. The minimum Gasteiger partial charge on any atom is -0.422 e. The number of hydrogen-bond acceptors (Lipinski definition) is 5. The van der Waals surface area contributed by atoms with Crippen LogP contribution in [0.25, 0.3) is 61.4 Å². The van der Waals surface area contributed by atoms with E-state index in [-0.39, 0.29) is 6.01 Å². The molecule has 6 heteroatoms. The molecule has 0 unspecified atom stereocenters. The third-order valence-electron chi connectivity index (χ3n) is 7.62. The third kappa shape index (κ3) is 4.74. The van der Waals surface area contributed by atoms with Gasteiger partial charge in [0.25, 0.3) is 0 Å². The van der Waals surface area contributed by atoms with E-state index in [2.05, 4.69) is 86.2 Å². The second kappa shape index (κ2) is 10.9. The average molecular weight is 568 g/mol. The maximum atomic E-state index is 6.30. The normalized spacial score (nSPS) is 11.2. The van der Waals surface area contributed by atoms with Crippen molar-refractivity contribution < 1.29 is 4.74 Å². The van der Waals surface area contributed by atoms with Crippen molar-refractivity contribution >= 4 is 21.8 Å². The first kappa shape index (κ1) is 25.6. The van der Waals surface area contributed by atoms with Gasteiger partial charge >= 0.3 is 6.01 Å². The molecule has 0 atom stereocenters. The predicted octanol–water partition coefficient (Wildman–Crippen LogP) is 9.16. The molecule has 44 heavy (non-hydrogen) atoms. The zero-order chi connectivity index (χ0) is 29.3. The van der Waals surface area contributed by atoms with Crippen molar-refractivity contribution in [2.45, 2.75) is 0 Å². The maximum absolute atomic E-state index is 6.30. The number of rotatable bonds is 6. The predicted molar refractivity (Wildman–Crippen MR) is 175 cm³/mol. The van der Waals surface area contributed by atoms with Gasteiger partial charge in [0.05, 0.1) is 29.1 Å². The summed E-state index contributed by atoms with van der Waals surface area (Å²) in [6, 6.07) is 47.3. The molecule has 0 fully saturated rings. The molecular weight excluding hydrogens is 542 g/mol. The van der Waals surface area contributed by atoms with Gasteiger partial charge in [-0.3, -0.25) is 4.98 Å². The molecule has 8 aromatic rings. The van der Waals surface area contributed by atoms with Crippen LogP contribution in [0, 0.1) is 0 Å². The lowest BCUT2D eigenvalue weighted by molar-refractivity contribution is 0.439. The Morgan fingerprint density at radius 2 is 1.05 bits per heavy atom. The standard InChI is InChI=1S/C38H25N5O/c1-4-12-26(13-5-1)29-20-21-35-33(22-29)32-18-10-11-19-34(32)43(35)30-23-31(25-39-24-30)44-38-41-36(27-14-6-2-7-15-27)40-37(42-38)28-16-8-3-9-17-28/h1-25H. The van der Waals surface area contributed by atoms with Crippen molar-refractivity contribution in [1.29, 1.82) is 0 Å². The van der Waals surface area contributed by atoms with Gasteiger partial charge in [0, 0.05) is 28.0 Å². The average Bonchev–Trinajstić information content (AvgIpc) is 3.43. The van der Waals surface area contributed by atoms with Gasteiger partial charge in [0.15, 0.2) is 17.4 Å². The summed E-state index contributed by atoms with van der Waals surface area (Å²) < 4.78 is 8.52. The van der Waals surface area contributed by atoms with Gasteiger partial charge in [-0.25, -0.2) is 4.98 Å². The summed E-state index contributed by atoms with van der Waals surface area (Å²) in [4.78, 5) is 18.7. The van der Waals surface area contributed by atoms with Crippen molar-refractivity contribution in [2.24, 2.45) is 0 Å². The molecule has 0 aliphatic rings. The number of ether oxygens (including phenoxy) is 1. The van der Waals surface area contributed by atoms with E-state index in [1.54, 1.807) is 6.20 Å². The molecule has 0 saturated carbocycles. The van der Waals surface area contributed by atoms with Crippen LogP contribution in [0.2, 0.25) is 0 Å². The Labute approximate surface area is 253 Å². The van der Waals surface area contributed by atoms with Gasteiger partial charge < -0.3 is 9.30 Å². The first-order valence-corrected chi connectivity index (χ1v) is 14.4. The van der Waals surface area contributed by atoms with Gasteiger partial charge in [-0.1, -0.05) is 115 Å². The molecular formula is C38H25N5O. The zero-order valence-corrected chi connectivity index (χ0v) is 23.6. The van der Waals surface area contributed by atoms with E-state index in [0.29, 0.717) is 17.4 Å². The molecule has 8 rings (SSSR count). The van der Waals surface area contributed by atoms with E-state index < -0.39 is 0 Å². The molecule has 0 amide bonds. The van der Waals surface area contributed by atoms with E-state index in [1.165, 1.54) is 21.9 Å². The van der Waals surface area contributed by atoms with E-state index >= 15 is 0 Å². The van der Waals surface area contributed by atoms with Gasteiger partial charge in [-0.15, -0.1) is 0 Å². The van der Waals surface area contributed by atoms with Crippen LogP contribution in [-0.2, 0) is 0 Å². The van der Waals surface area contributed by atoms with Crippen LogP contribution in [0.5, 0.6) is 11.8 Å². The van der Waals surface area contributed by atoms with Crippen LogP contribution in [0.4, 0.5) is 0 Å². The number of hydrogen-bond donors (Lipinski definition) is 0. The summed E-state index contributed by atoms with van der Waals surface area (Å²) in [5.41, 5.74) is 7.17. The molecule has 5 aromatic carbocycles. The Morgan fingerprint density at radius 1 is 0.455 bits per heavy atom. The molecule has 0 radical (unpaired) electrons. The molecule has 3 heterocycles. The highest BCUT2D eigenvalue weighted by atomic mass is 16.5. The lowest BCUT2D eigenvalue weighted by atomic mass is 10.0. The van der Waals surface area contributed by atoms with Crippen molar-refractivity contribution in [3.05, 3.63) is 152 Å². The first-order chi connectivity index (χ1) is 21.8. The Kier molecular flexibility index (Phi) is 6.35. The minimum atomic E-state index is 0.200. The van der Waals surface area contributed by atoms with E-state index in [0.717, 1.165) is 27.8 Å². The summed E-state index contributed by atoms with van der Waals surface area (Å²) in [6.45, 7) is 0. The molecule has 0 aliphatic heterocycles. The Hall–Kier alpha value is -6.14. The number of aromatic nitrogens is 5. The second-order valence-electron chi connectivity index (χ2n) is 10.4. The van der Waals surface area contributed by atoms with Gasteiger partial charge in [0.1, 0.15) is 0 Å². The fourth-order valence-electron chi connectivity index (χ4n) is 5.59. The highest BCUT2D eigenvalue weighted by molar-refractivity contribution is 6.10. The van der Waals surface area contributed by atoms with Crippen LogP contribution >= 0.6 is 0 Å². The monoisotopic (exact) mass is 567 g/mol. The summed E-state index contributed by atoms with van der Waals surface area (Å²) >= 11 is 0. The molecule has 0 bridgehead atoms. The lowest BCUT2D eigenvalue weighted by Gasteiger charge is -2.11. The van der Waals surface area contributed by atoms with Gasteiger partial charge in [0.2, 0.25) is 0 Å². The molecule has 0 N–H and O–H groups in total. The van der Waals surface area contributed by atoms with Gasteiger partial charge in [-0.2, -0.15) is 9.97 Å². The summed E-state index contributed by atoms with van der Waals surface area (Å²) in [6.07, 6.45) is 3.53. The van der Waals surface area contributed by atoms with E-state index in [9.17, 15) is 0 Å². The SMILES string of the molecule is c1ccc(-c2ccc3c(c2)c2ccccc2n3-c2cncc(Oc3nc(-c4ccccc4)nc(-c4ccccc4)n3)c2)cc1. The van der Waals surface area contributed by atoms with Crippen LogP contribution < -0.4 is 4.74 Å². The van der Waals surface area contributed by atoms with Crippen LogP contribution in [-0.4, -0.2) is 24.5 Å². The van der Waals surface area contributed by atoms with Gasteiger partial charge in [-0.05, 0) is 29.3 Å². The van der Waals surface area contributed by atoms with Crippen LogP contribution in [0.3, 0.4) is 0 Å². The molecule has 0 spiro atoms. The third-order valence-corrected chi connectivity index (χ3v) is 7.62. The number of nitrogens with zero attached hydrogens (tertiary/aromatic N) is 5. The fourth-order valence-corrected chi connectivity index (χ4v) is 5.59. The Balaban J connectivity index is 1.22. The topological polar surface area (TPSA) is 65.7 Å². The van der Waals surface area contributed by atoms with Crippen LogP contribution in [0.15, 0.2) is 152 Å². The van der Waals surface area contributed by atoms with Crippen molar-refractivity contribution in [1.82, 2.24) is 24.5 Å². The van der Waals surface area contributed by atoms with Crippen molar-refractivity contribution in [3.63, 3.8) is 0 Å². The molecule has 3 aromatic heterocycles. The molecule has 0 aliphatic carbocycles. The lowest BCUT2D eigenvalue weighted by Crippen LogP contribution is -2.01. The van der Waals surface area contributed by atoms with E-state index in [1.807, 2.05) is 79.0 Å².